The summed E-state index contributed by atoms with van der Waals surface area (Å²) in [4.78, 5) is 18.0. The predicted molar refractivity (Wildman–Crippen MR) is 111 cm³/mol. The van der Waals surface area contributed by atoms with E-state index in [1.54, 1.807) is 40.3 Å². The number of alkyl halides is 3. The van der Waals surface area contributed by atoms with E-state index < -0.39 is 11.7 Å². The van der Waals surface area contributed by atoms with Crippen LogP contribution in [-0.4, -0.2) is 14.0 Å². The highest BCUT2D eigenvalue weighted by molar-refractivity contribution is 7.15. The van der Waals surface area contributed by atoms with Gasteiger partial charge in [0.2, 0.25) is 0 Å². The second-order valence-electron chi connectivity index (χ2n) is 6.92. The third-order valence-corrected chi connectivity index (χ3v) is 6.04. The van der Waals surface area contributed by atoms with Crippen LogP contribution >= 0.6 is 11.3 Å². The van der Waals surface area contributed by atoms with Crippen LogP contribution in [0.25, 0.3) is 33.3 Å². The molecule has 0 radical (unpaired) electrons. The van der Waals surface area contributed by atoms with Crippen molar-refractivity contribution in [1.82, 2.24) is 14.0 Å². The number of halogens is 3. The molecule has 8 heteroatoms. The van der Waals surface area contributed by atoms with E-state index in [2.05, 4.69) is 4.98 Å². The van der Waals surface area contributed by atoms with Gasteiger partial charge in [0, 0.05) is 18.4 Å². The molecule has 3 aromatic heterocycles. The predicted octanol–water partition coefficient (Wildman–Crippen LogP) is 4.48. The Labute approximate surface area is 172 Å². The Balaban J connectivity index is 1.62. The van der Waals surface area contributed by atoms with Gasteiger partial charge in [-0.3, -0.25) is 4.79 Å². The second kappa shape index (κ2) is 6.56. The molecule has 0 fully saturated rings. The summed E-state index contributed by atoms with van der Waals surface area (Å²) < 4.78 is 43.0. The van der Waals surface area contributed by atoms with Gasteiger partial charge in [-0.15, -0.1) is 0 Å². The maximum Gasteiger partial charge on any atom is 0.416 e. The van der Waals surface area contributed by atoms with E-state index in [0.29, 0.717) is 26.4 Å². The Morgan fingerprint density at radius 1 is 1.03 bits per heavy atom. The van der Waals surface area contributed by atoms with Gasteiger partial charge >= 0.3 is 6.18 Å². The van der Waals surface area contributed by atoms with E-state index in [1.807, 2.05) is 24.3 Å². The minimum Gasteiger partial charge on any atom is -0.344 e. The first-order valence-corrected chi connectivity index (χ1v) is 9.90. The van der Waals surface area contributed by atoms with Crippen molar-refractivity contribution in [3.8, 4) is 11.3 Å². The van der Waals surface area contributed by atoms with Crippen LogP contribution < -0.4 is 10.1 Å². The second-order valence-corrected chi connectivity index (χ2v) is 7.92. The molecule has 0 aliphatic heterocycles. The van der Waals surface area contributed by atoms with Crippen LogP contribution in [0.2, 0.25) is 0 Å². The molecular formula is C22H14F3N3OS. The van der Waals surface area contributed by atoms with Crippen LogP contribution in [0.5, 0.6) is 0 Å². The van der Waals surface area contributed by atoms with Gasteiger partial charge in [-0.05, 0) is 48.0 Å². The fraction of sp³-hybridized carbons (Fsp3) is 0.0909. The smallest absolute Gasteiger partial charge is 0.344 e. The monoisotopic (exact) mass is 425 g/mol. The highest BCUT2D eigenvalue weighted by atomic mass is 32.1. The van der Waals surface area contributed by atoms with Crippen molar-refractivity contribution < 1.29 is 13.2 Å². The minimum atomic E-state index is -4.40. The van der Waals surface area contributed by atoms with Crippen LogP contribution in [0.15, 0.2) is 65.5 Å². The standard InChI is InChI=1S/C22H14F3N3OS/c1-27-15(9-10-17(27)13-5-4-6-14(11-13)22(23,24)25)12-19-20(29)28-18-8-3-2-7-16(18)26-21(28)30-19/h2-12H,1H3. The number of nitrogens with zero attached hydrogens (tertiary/aromatic N) is 3. The van der Waals surface area contributed by atoms with Crippen LogP contribution in [0.4, 0.5) is 13.2 Å². The molecule has 5 rings (SSSR count). The molecule has 3 heterocycles. The van der Waals surface area contributed by atoms with Crippen molar-refractivity contribution >= 4 is 33.4 Å². The van der Waals surface area contributed by atoms with Gasteiger partial charge < -0.3 is 4.57 Å². The summed E-state index contributed by atoms with van der Waals surface area (Å²) in [7, 11) is 1.76. The average molecular weight is 425 g/mol. The zero-order chi connectivity index (χ0) is 21.0. The molecule has 0 saturated heterocycles. The Kier molecular flexibility index (Phi) is 4.08. The molecule has 150 valence electrons. The van der Waals surface area contributed by atoms with Crippen molar-refractivity contribution in [2.24, 2.45) is 7.05 Å². The number of rotatable bonds is 2. The molecular weight excluding hydrogens is 411 g/mol. The van der Waals surface area contributed by atoms with Crippen LogP contribution in [0.3, 0.4) is 0 Å². The van der Waals surface area contributed by atoms with Crippen molar-refractivity contribution in [3.05, 3.63) is 86.8 Å². The van der Waals surface area contributed by atoms with Crippen LogP contribution in [0, 0.1) is 0 Å². The lowest BCUT2D eigenvalue weighted by molar-refractivity contribution is -0.137. The largest absolute Gasteiger partial charge is 0.416 e. The molecule has 2 aromatic carbocycles. The van der Waals surface area contributed by atoms with Crippen molar-refractivity contribution in [2.75, 3.05) is 0 Å². The first-order chi connectivity index (χ1) is 14.3. The summed E-state index contributed by atoms with van der Waals surface area (Å²) in [6, 6.07) is 16.2. The first kappa shape index (κ1) is 18.6. The Bertz CT molecular complexity index is 1530. The molecule has 0 bridgehead atoms. The highest BCUT2D eigenvalue weighted by Crippen LogP contribution is 2.32. The number of fused-ring (bicyclic) bond motifs is 3. The van der Waals surface area contributed by atoms with Crippen LogP contribution in [-0.2, 0) is 13.2 Å². The fourth-order valence-corrected chi connectivity index (χ4v) is 4.53. The number of hydrogen-bond acceptors (Lipinski definition) is 3. The summed E-state index contributed by atoms with van der Waals surface area (Å²) in [6.07, 6.45) is -2.66. The van der Waals surface area contributed by atoms with Gasteiger partial charge in [0.25, 0.3) is 5.56 Å². The van der Waals surface area contributed by atoms with E-state index in [9.17, 15) is 18.0 Å². The zero-order valence-electron chi connectivity index (χ0n) is 15.6. The normalized spacial score (nSPS) is 13.0. The van der Waals surface area contributed by atoms with E-state index in [4.69, 9.17) is 0 Å². The minimum absolute atomic E-state index is 0.162. The molecule has 30 heavy (non-hydrogen) atoms. The summed E-state index contributed by atoms with van der Waals surface area (Å²) in [5.41, 5.74) is 2.47. The quantitative estimate of drug-likeness (QED) is 0.418. The first-order valence-electron chi connectivity index (χ1n) is 9.08. The lowest BCUT2D eigenvalue weighted by atomic mass is 10.1. The lowest BCUT2D eigenvalue weighted by Gasteiger charge is -2.10. The van der Waals surface area contributed by atoms with Gasteiger partial charge in [-0.25, -0.2) is 9.38 Å². The molecule has 0 aliphatic rings. The number of imidazole rings is 1. The fourth-order valence-electron chi connectivity index (χ4n) is 3.56. The summed E-state index contributed by atoms with van der Waals surface area (Å²) in [6.45, 7) is 0. The number of para-hydroxylation sites is 2. The Morgan fingerprint density at radius 2 is 1.83 bits per heavy atom. The SMILES string of the molecule is Cn1c(C=c2sc3nc4ccccc4n3c2=O)ccc1-c1cccc(C(F)(F)F)c1. The van der Waals surface area contributed by atoms with Crippen molar-refractivity contribution in [1.29, 1.82) is 0 Å². The summed E-state index contributed by atoms with van der Waals surface area (Å²) in [5, 5.41) is 0. The highest BCUT2D eigenvalue weighted by Gasteiger charge is 2.30. The van der Waals surface area contributed by atoms with E-state index >= 15 is 0 Å². The molecule has 4 nitrogen and oxygen atoms in total. The summed E-state index contributed by atoms with van der Waals surface area (Å²) >= 11 is 1.29. The molecule has 5 aromatic rings. The molecule has 0 N–H and O–H groups in total. The number of thiazole rings is 1. The Morgan fingerprint density at radius 3 is 2.63 bits per heavy atom. The molecule has 0 saturated carbocycles. The number of hydrogen-bond donors (Lipinski definition) is 0. The molecule has 0 spiro atoms. The number of benzene rings is 2. The topological polar surface area (TPSA) is 39.3 Å². The molecule has 0 unspecified atom stereocenters. The van der Waals surface area contributed by atoms with Gasteiger partial charge in [0.15, 0.2) is 4.96 Å². The number of aromatic nitrogens is 3. The van der Waals surface area contributed by atoms with E-state index in [1.165, 1.54) is 17.4 Å². The van der Waals surface area contributed by atoms with Gasteiger partial charge in [0.1, 0.15) is 0 Å². The summed E-state index contributed by atoms with van der Waals surface area (Å²) in [5.74, 6) is 0. The van der Waals surface area contributed by atoms with Crippen LogP contribution in [0.1, 0.15) is 11.3 Å². The zero-order valence-corrected chi connectivity index (χ0v) is 16.5. The third-order valence-electron chi connectivity index (χ3n) is 5.07. The van der Waals surface area contributed by atoms with E-state index in [-0.39, 0.29) is 5.56 Å². The lowest BCUT2D eigenvalue weighted by Crippen LogP contribution is -2.23. The van der Waals surface area contributed by atoms with Crippen molar-refractivity contribution in [3.63, 3.8) is 0 Å². The molecule has 0 atom stereocenters. The maximum atomic E-state index is 13.0. The van der Waals surface area contributed by atoms with Gasteiger partial charge in [-0.2, -0.15) is 13.2 Å². The van der Waals surface area contributed by atoms with Crippen molar-refractivity contribution in [2.45, 2.75) is 6.18 Å². The maximum absolute atomic E-state index is 13.0. The molecule has 0 aliphatic carbocycles. The van der Waals surface area contributed by atoms with E-state index in [0.717, 1.165) is 23.2 Å². The molecule has 0 amide bonds. The average Bonchev–Trinajstić information content (AvgIpc) is 3.35. The third kappa shape index (κ3) is 2.91. The van der Waals surface area contributed by atoms with Gasteiger partial charge in [0.05, 0.1) is 21.1 Å². The Hall–Kier alpha value is -3.39. The van der Waals surface area contributed by atoms with Gasteiger partial charge in [-0.1, -0.05) is 35.6 Å².